The third kappa shape index (κ3) is 2.75. The first-order valence-electron chi connectivity index (χ1n) is 7.24. The van der Waals surface area contributed by atoms with Crippen LogP contribution in [0.4, 0.5) is 8.78 Å². The molecule has 1 heterocycles. The third-order valence-corrected chi connectivity index (χ3v) is 5.62. The lowest BCUT2D eigenvalue weighted by atomic mass is 9.98. The minimum Gasteiger partial charge on any atom is -0.507 e. The second-order valence-corrected chi connectivity index (χ2v) is 6.79. The van der Waals surface area contributed by atoms with Gasteiger partial charge in [-0.2, -0.15) is 8.78 Å². The molecule has 0 fully saturated rings. The molecule has 3 nitrogen and oxygen atoms in total. The van der Waals surface area contributed by atoms with Crippen LogP contribution in [-0.4, -0.2) is 10.9 Å². The fourth-order valence-corrected chi connectivity index (χ4v) is 3.23. The molecule has 124 valence electrons. The van der Waals surface area contributed by atoms with Crippen LogP contribution in [0.3, 0.4) is 0 Å². The maximum absolute atomic E-state index is 14.0. The molecule has 1 aromatic heterocycles. The van der Waals surface area contributed by atoms with Gasteiger partial charge in [0.25, 0.3) is 0 Å². The Balaban J connectivity index is 2.32. The number of fused-ring (bicyclic) bond motifs is 1. The molecule has 0 aliphatic carbocycles. The number of para-hydroxylation sites is 1. The van der Waals surface area contributed by atoms with Crippen LogP contribution in [0.1, 0.15) is 30.0 Å². The van der Waals surface area contributed by atoms with E-state index in [1.54, 1.807) is 0 Å². The normalized spacial score (nSPS) is 12.5. The Morgan fingerprint density at radius 3 is 2.62 bits per heavy atom. The van der Waals surface area contributed by atoms with Crippen LogP contribution in [0.2, 0.25) is 0 Å². The summed E-state index contributed by atoms with van der Waals surface area (Å²) >= 11 is 6.32. The first kappa shape index (κ1) is 15.8. The lowest BCUT2D eigenvalue weighted by Gasteiger charge is -2.11. The number of rotatable bonds is 3. The summed E-state index contributed by atoms with van der Waals surface area (Å²) < 4.78 is 41.4. The second-order valence-electron chi connectivity index (χ2n) is 5.21. The zero-order valence-corrected chi connectivity index (χ0v) is 15.3. The first-order valence-corrected chi connectivity index (χ1v) is 8.33. The van der Waals surface area contributed by atoms with Crippen LogP contribution in [0, 0.1) is 0 Å². The average molecular weight is 461 g/mol. The number of hydrogen-bond donors (Lipinski definition) is 1. The van der Waals surface area contributed by atoms with Gasteiger partial charge in [-0.3, -0.25) is 4.79 Å². The highest BCUT2D eigenvalue weighted by Gasteiger charge is 2.37. The molecule has 0 atom stereocenters. The van der Waals surface area contributed by atoms with Crippen LogP contribution in [0.15, 0.2) is 49.7 Å². The maximum Gasteiger partial charge on any atom is 0.302 e. The van der Waals surface area contributed by atoms with Crippen molar-refractivity contribution in [3.8, 4) is 5.75 Å². The molecule has 0 aliphatic heterocycles. The number of alkyl halides is 2. The number of ketones is 1. The number of phenols is 1. The number of carbonyl (C=O) groups is 1. The molecule has 3 aromatic rings. The van der Waals surface area contributed by atoms with E-state index in [0.717, 1.165) is 0 Å². The van der Waals surface area contributed by atoms with Gasteiger partial charge in [0, 0.05) is 22.3 Å². The summed E-state index contributed by atoms with van der Waals surface area (Å²) in [6.07, 6.45) is 0. The van der Waals surface area contributed by atoms with Gasteiger partial charge in [-0.1, -0.05) is 18.2 Å². The molecule has 0 unspecified atom stereocenters. The van der Waals surface area contributed by atoms with Crippen molar-refractivity contribution in [1.82, 2.24) is 0 Å². The van der Waals surface area contributed by atoms with Crippen molar-refractivity contribution in [2.24, 2.45) is 0 Å². The van der Waals surface area contributed by atoms with E-state index in [2.05, 4.69) is 31.9 Å². The number of furan rings is 1. The standard InChI is InChI=1S/C17H10Br2F2O3/c1-17(20,21)16-12(8-4-2-3-5-11(8)24-16)15(23)9-6-7-10(22)14(19)13(9)18/h2-7,22H,1H3/i2D. The minimum absolute atomic E-state index is 0.0688. The van der Waals surface area contributed by atoms with Gasteiger partial charge in [0.2, 0.25) is 0 Å². The van der Waals surface area contributed by atoms with Gasteiger partial charge in [0.15, 0.2) is 11.5 Å². The molecule has 0 aliphatic rings. The fraction of sp³-hybridized carbons (Fsp3) is 0.118. The number of aromatic hydroxyl groups is 1. The summed E-state index contributed by atoms with van der Waals surface area (Å²) in [5.74, 6) is -4.94. The predicted octanol–water partition coefficient (Wildman–Crippen LogP) is 6.01. The molecule has 1 N–H and O–H groups in total. The zero-order valence-electron chi connectivity index (χ0n) is 13.2. The van der Waals surface area contributed by atoms with Gasteiger partial charge < -0.3 is 9.52 Å². The van der Waals surface area contributed by atoms with E-state index < -0.39 is 17.5 Å². The van der Waals surface area contributed by atoms with Crippen molar-refractivity contribution in [1.29, 1.82) is 0 Å². The summed E-state index contributed by atoms with van der Waals surface area (Å²) in [4.78, 5) is 13.0. The average Bonchev–Trinajstić information content (AvgIpc) is 2.91. The van der Waals surface area contributed by atoms with Crippen molar-refractivity contribution in [3.63, 3.8) is 0 Å². The van der Waals surface area contributed by atoms with Crippen molar-refractivity contribution in [2.75, 3.05) is 0 Å². The molecular formula is C17H10Br2F2O3. The van der Waals surface area contributed by atoms with Crippen molar-refractivity contribution in [2.45, 2.75) is 12.8 Å². The molecule has 0 saturated heterocycles. The molecule has 0 spiro atoms. The molecule has 0 bridgehead atoms. The van der Waals surface area contributed by atoms with Crippen LogP contribution in [0.5, 0.6) is 5.75 Å². The molecular weight excluding hydrogens is 450 g/mol. The molecule has 2 aromatic carbocycles. The zero-order chi connectivity index (χ0) is 18.5. The van der Waals surface area contributed by atoms with Crippen LogP contribution in [0.25, 0.3) is 11.0 Å². The highest BCUT2D eigenvalue weighted by Crippen LogP contribution is 2.40. The van der Waals surface area contributed by atoms with Gasteiger partial charge in [-0.25, -0.2) is 0 Å². The monoisotopic (exact) mass is 459 g/mol. The highest BCUT2D eigenvalue weighted by molar-refractivity contribution is 9.13. The lowest BCUT2D eigenvalue weighted by molar-refractivity contribution is -0.00469. The number of hydrogen-bond acceptors (Lipinski definition) is 3. The fourth-order valence-electron chi connectivity index (χ4n) is 2.37. The van der Waals surface area contributed by atoms with Gasteiger partial charge in [-0.05, 0) is 50.1 Å². The molecule has 7 heteroatoms. The lowest BCUT2D eigenvalue weighted by Crippen LogP contribution is -2.13. The van der Waals surface area contributed by atoms with E-state index >= 15 is 0 Å². The Morgan fingerprint density at radius 2 is 1.96 bits per heavy atom. The Kier molecular flexibility index (Phi) is 3.92. The van der Waals surface area contributed by atoms with Crippen LogP contribution in [-0.2, 0) is 5.92 Å². The smallest absolute Gasteiger partial charge is 0.302 e. The van der Waals surface area contributed by atoms with Gasteiger partial charge >= 0.3 is 5.92 Å². The first-order chi connectivity index (χ1) is 11.6. The number of carbonyl (C=O) groups excluding carboxylic acids is 1. The molecule has 0 radical (unpaired) electrons. The quantitative estimate of drug-likeness (QED) is 0.487. The number of benzene rings is 2. The van der Waals surface area contributed by atoms with E-state index in [1.165, 1.54) is 30.3 Å². The van der Waals surface area contributed by atoms with Crippen molar-refractivity contribution < 1.29 is 24.5 Å². The Labute approximate surface area is 153 Å². The summed E-state index contributed by atoms with van der Waals surface area (Å²) in [7, 11) is 0. The van der Waals surface area contributed by atoms with Gasteiger partial charge in [0.1, 0.15) is 11.3 Å². The minimum atomic E-state index is -3.38. The van der Waals surface area contributed by atoms with E-state index in [4.69, 9.17) is 5.79 Å². The van der Waals surface area contributed by atoms with E-state index in [9.17, 15) is 18.7 Å². The summed E-state index contributed by atoms with van der Waals surface area (Å²) in [6.45, 7) is 0.644. The molecule has 24 heavy (non-hydrogen) atoms. The summed E-state index contributed by atoms with van der Waals surface area (Å²) in [5, 5.41) is 9.82. The van der Waals surface area contributed by atoms with E-state index in [-0.39, 0.29) is 42.8 Å². The highest BCUT2D eigenvalue weighted by atomic mass is 79.9. The van der Waals surface area contributed by atoms with Gasteiger partial charge in [0.05, 0.1) is 11.4 Å². The Morgan fingerprint density at radius 1 is 1.25 bits per heavy atom. The molecule has 0 saturated carbocycles. The molecule has 3 rings (SSSR count). The van der Waals surface area contributed by atoms with Crippen molar-refractivity contribution >= 4 is 48.6 Å². The Bertz CT molecular complexity index is 1010. The largest absolute Gasteiger partial charge is 0.507 e. The summed E-state index contributed by atoms with van der Waals surface area (Å²) in [5.41, 5.74) is -0.118. The van der Waals surface area contributed by atoms with Gasteiger partial charge in [-0.15, -0.1) is 0 Å². The van der Waals surface area contributed by atoms with E-state index in [1.807, 2.05) is 0 Å². The van der Waals surface area contributed by atoms with Crippen molar-refractivity contribution in [3.05, 3.63) is 62.2 Å². The molecule has 0 amide bonds. The number of phenolic OH excluding ortho intramolecular Hbond substituents is 1. The second kappa shape index (κ2) is 5.97. The Hall–Kier alpha value is -1.73. The topological polar surface area (TPSA) is 50.4 Å². The SMILES string of the molecule is [2H]c1ccc2oc(C(C)(F)F)c(C(=O)c3ccc(O)c(Br)c3Br)c2c1. The summed E-state index contributed by atoms with van der Waals surface area (Å²) in [6, 6.07) is 6.76. The number of halogens is 4. The van der Waals surface area contributed by atoms with E-state index in [0.29, 0.717) is 6.92 Å². The maximum atomic E-state index is 14.0. The van der Waals surface area contributed by atoms with Crippen LogP contribution >= 0.6 is 31.9 Å². The van der Waals surface area contributed by atoms with Crippen LogP contribution < -0.4 is 0 Å². The predicted molar refractivity (Wildman–Crippen MR) is 92.7 cm³/mol. The third-order valence-electron chi connectivity index (χ3n) is 3.46.